The predicted octanol–water partition coefficient (Wildman–Crippen LogP) is 0.415. The summed E-state index contributed by atoms with van der Waals surface area (Å²) in [5.41, 5.74) is 7.19. The number of phenolic OH excluding ortho intramolecular Hbond substituents is 1. The fraction of sp³-hybridized carbons (Fsp3) is 0.393. The molecule has 4 atom stereocenters. The molecule has 0 spiro atoms. The Morgan fingerprint density at radius 2 is 1.52 bits per heavy atom. The second-order valence-electron chi connectivity index (χ2n) is 9.75. The van der Waals surface area contributed by atoms with Crippen molar-refractivity contribution in [1.29, 1.82) is 0 Å². The molecule has 3 rings (SSSR count). The van der Waals surface area contributed by atoms with Gasteiger partial charge in [0, 0.05) is 25.8 Å². The third kappa shape index (κ3) is 8.53. The molecule has 2 aromatic carbocycles. The van der Waals surface area contributed by atoms with E-state index in [2.05, 4.69) is 10.6 Å². The van der Waals surface area contributed by atoms with Gasteiger partial charge in [-0.15, -0.1) is 0 Å². The number of benzene rings is 2. The van der Waals surface area contributed by atoms with Crippen molar-refractivity contribution in [3.8, 4) is 5.75 Å². The second-order valence-corrected chi connectivity index (χ2v) is 9.75. The number of likely N-dealkylation sites (tertiary alicyclic amines) is 1. The van der Waals surface area contributed by atoms with Crippen molar-refractivity contribution in [1.82, 2.24) is 15.5 Å². The largest absolute Gasteiger partial charge is 0.508 e. The number of rotatable bonds is 13. The highest BCUT2D eigenvalue weighted by Gasteiger charge is 2.38. The summed E-state index contributed by atoms with van der Waals surface area (Å²) in [4.78, 5) is 63.7. The van der Waals surface area contributed by atoms with E-state index in [1.165, 1.54) is 17.0 Å². The Labute approximate surface area is 231 Å². The number of hydrogen-bond donors (Lipinski definition) is 6. The van der Waals surface area contributed by atoms with Crippen molar-refractivity contribution in [3.05, 3.63) is 65.7 Å². The summed E-state index contributed by atoms with van der Waals surface area (Å²) in [7, 11) is 0. The Bertz CT molecular complexity index is 1200. The first-order valence-corrected chi connectivity index (χ1v) is 13.0. The fourth-order valence-corrected chi connectivity index (χ4v) is 4.59. The molecule has 0 radical (unpaired) electrons. The van der Waals surface area contributed by atoms with Gasteiger partial charge in [-0.2, -0.15) is 0 Å². The van der Waals surface area contributed by atoms with Gasteiger partial charge in [0.15, 0.2) is 0 Å². The van der Waals surface area contributed by atoms with Crippen LogP contribution in [0.1, 0.15) is 36.8 Å². The normalized spacial score (nSPS) is 16.9. The van der Waals surface area contributed by atoms with E-state index in [0.717, 1.165) is 0 Å². The molecule has 12 heteroatoms. The zero-order valence-electron chi connectivity index (χ0n) is 21.9. The van der Waals surface area contributed by atoms with Crippen molar-refractivity contribution in [2.24, 2.45) is 5.73 Å². The molecule has 0 bridgehead atoms. The summed E-state index contributed by atoms with van der Waals surface area (Å²) >= 11 is 0. The minimum Gasteiger partial charge on any atom is -0.508 e. The summed E-state index contributed by atoms with van der Waals surface area (Å²) < 4.78 is 0. The first kappa shape index (κ1) is 30.1. The van der Waals surface area contributed by atoms with Gasteiger partial charge in [0.1, 0.15) is 23.9 Å². The smallest absolute Gasteiger partial charge is 0.326 e. The number of amides is 3. The molecule has 0 saturated carbocycles. The van der Waals surface area contributed by atoms with Crippen LogP contribution in [0.2, 0.25) is 0 Å². The zero-order valence-corrected chi connectivity index (χ0v) is 21.9. The Hall–Kier alpha value is -4.45. The number of phenols is 1. The van der Waals surface area contributed by atoms with Crippen LogP contribution >= 0.6 is 0 Å². The Kier molecular flexibility index (Phi) is 10.6. The molecule has 214 valence electrons. The van der Waals surface area contributed by atoms with Gasteiger partial charge in [-0.05, 0) is 42.5 Å². The van der Waals surface area contributed by atoms with Crippen LogP contribution in [0.3, 0.4) is 0 Å². The molecule has 7 N–H and O–H groups in total. The average Bonchev–Trinajstić information content (AvgIpc) is 3.42. The molecular formula is C28H34N4O8. The van der Waals surface area contributed by atoms with Crippen LogP contribution in [0.5, 0.6) is 5.75 Å². The molecule has 0 aromatic heterocycles. The topological polar surface area (TPSA) is 199 Å². The zero-order chi connectivity index (χ0) is 29.2. The number of carbonyl (C=O) groups excluding carboxylic acids is 3. The number of carbonyl (C=O) groups is 5. The number of carboxylic acids is 2. The fourth-order valence-electron chi connectivity index (χ4n) is 4.59. The van der Waals surface area contributed by atoms with Gasteiger partial charge in [-0.25, -0.2) is 4.79 Å². The molecule has 1 fully saturated rings. The van der Waals surface area contributed by atoms with E-state index in [1.807, 2.05) is 0 Å². The van der Waals surface area contributed by atoms with Gasteiger partial charge in [0.2, 0.25) is 17.7 Å². The van der Waals surface area contributed by atoms with Gasteiger partial charge >= 0.3 is 11.9 Å². The van der Waals surface area contributed by atoms with E-state index in [4.69, 9.17) is 10.8 Å². The van der Waals surface area contributed by atoms with Crippen molar-refractivity contribution >= 4 is 29.7 Å². The highest BCUT2D eigenvalue weighted by molar-refractivity contribution is 5.94. The highest BCUT2D eigenvalue weighted by atomic mass is 16.4. The van der Waals surface area contributed by atoms with E-state index in [0.29, 0.717) is 24.0 Å². The van der Waals surface area contributed by atoms with Gasteiger partial charge in [-0.1, -0.05) is 42.5 Å². The van der Waals surface area contributed by atoms with E-state index >= 15 is 0 Å². The van der Waals surface area contributed by atoms with Crippen LogP contribution < -0.4 is 16.4 Å². The predicted molar refractivity (Wildman–Crippen MR) is 143 cm³/mol. The summed E-state index contributed by atoms with van der Waals surface area (Å²) in [6, 6.07) is 10.3. The van der Waals surface area contributed by atoms with Crippen molar-refractivity contribution in [3.63, 3.8) is 0 Å². The molecule has 4 unspecified atom stereocenters. The van der Waals surface area contributed by atoms with Gasteiger partial charge in [0.05, 0.1) is 6.04 Å². The molecular weight excluding hydrogens is 520 g/mol. The van der Waals surface area contributed by atoms with Crippen LogP contribution in [0.15, 0.2) is 54.6 Å². The SMILES string of the molecule is NC(CCC(=O)O)C(=O)N1CCCC1C(=O)NC(Cc1ccc(O)cc1)C(=O)NC(Cc1ccccc1)C(=O)O. The molecule has 1 saturated heterocycles. The summed E-state index contributed by atoms with van der Waals surface area (Å²) in [5, 5.41) is 33.4. The van der Waals surface area contributed by atoms with E-state index < -0.39 is 53.8 Å². The monoisotopic (exact) mass is 554 g/mol. The standard InChI is InChI=1S/C28H34N4O8/c29-20(12-13-24(34)35)27(38)32-14-4-7-23(32)26(37)30-21(15-18-8-10-19(33)11-9-18)25(36)31-22(28(39)40)16-17-5-2-1-3-6-17/h1-3,5-6,8-11,20-23,33H,4,7,12-16,29H2,(H,30,37)(H,31,36)(H,34,35)(H,39,40). The maximum absolute atomic E-state index is 13.3. The lowest BCUT2D eigenvalue weighted by Crippen LogP contribution is -2.57. The van der Waals surface area contributed by atoms with Crippen LogP contribution in [-0.4, -0.2) is 80.6 Å². The maximum atomic E-state index is 13.3. The van der Waals surface area contributed by atoms with E-state index in [1.54, 1.807) is 42.5 Å². The third-order valence-electron chi connectivity index (χ3n) is 6.73. The molecule has 3 amide bonds. The van der Waals surface area contributed by atoms with Gasteiger partial charge in [-0.3, -0.25) is 19.2 Å². The number of aliphatic carboxylic acids is 2. The van der Waals surface area contributed by atoms with Crippen LogP contribution in [0.25, 0.3) is 0 Å². The molecule has 12 nitrogen and oxygen atoms in total. The number of carboxylic acid groups (broad SMARTS) is 2. The van der Waals surface area contributed by atoms with Gasteiger partial charge in [0.25, 0.3) is 0 Å². The molecule has 1 aliphatic heterocycles. The van der Waals surface area contributed by atoms with Crippen LogP contribution in [0, 0.1) is 0 Å². The number of hydrogen-bond acceptors (Lipinski definition) is 7. The van der Waals surface area contributed by atoms with Gasteiger partial charge < -0.3 is 36.6 Å². The van der Waals surface area contributed by atoms with Crippen molar-refractivity contribution in [2.45, 2.75) is 62.7 Å². The molecule has 40 heavy (non-hydrogen) atoms. The number of nitrogens with zero attached hydrogens (tertiary/aromatic N) is 1. The molecule has 0 aliphatic carbocycles. The highest BCUT2D eigenvalue weighted by Crippen LogP contribution is 2.20. The Morgan fingerprint density at radius 1 is 0.900 bits per heavy atom. The third-order valence-corrected chi connectivity index (χ3v) is 6.73. The van der Waals surface area contributed by atoms with Crippen molar-refractivity contribution < 1.29 is 39.3 Å². The summed E-state index contributed by atoms with van der Waals surface area (Å²) in [6.45, 7) is 0.255. The number of nitrogens with one attached hydrogen (secondary N) is 2. The first-order chi connectivity index (χ1) is 19.0. The quantitative estimate of drug-likeness (QED) is 0.203. The lowest BCUT2D eigenvalue weighted by molar-refractivity contribution is -0.143. The van der Waals surface area contributed by atoms with Crippen molar-refractivity contribution in [2.75, 3.05) is 6.54 Å². The van der Waals surface area contributed by atoms with E-state index in [-0.39, 0.29) is 38.0 Å². The summed E-state index contributed by atoms with van der Waals surface area (Å²) in [5.74, 6) is -4.19. The Balaban J connectivity index is 1.76. The van der Waals surface area contributed by atoms with Crippen LogP contribution in [0.4, 0.5) is 0 Å². The lowest BCUT2D eigenvalue weighted by atomic mass is 10.0. The second kappa shape index (κ2) is 14.1. The summed E-state index contributed by atoms with van der Waals surface area (Å²) in [6.07, 6.45) is 0.489. The maximum Gasteiger partial charge on any atom is 0.326 e. The average molecular weight is 555 g/mol. The minimum absolute atomic E-state index is 0.00563. The van der Waals surface area contributed by atoms with E-state index in [9.17, 15) is 34.2 Å². The molecule has 2 aromatic rings. The first-order valence-electron chi connectivity index (χ1n) is 13.0. The lowest BCUT2D eigenvalue weighted by Gasteiger charge is -2.28. The number of aromatic hydroxyl groups is 1. The molecule has 1 heterocycles. The minimum atomic E-state index is -1.26. The number of nitrogens with two attached hydrogens (primary N) is 1. The Morgan fingerprint density at radius 3 is 2.15 bits per heavy atom. The van der Waals surface area contributed by atoms with Crippen LogP contribution in [-0.2, 0) is 36.8 Å². The molecule has 1 aliphatic rings.